The highest BCUT2D eigenvalue weighted by atomic mass is 16.6. The van der Waals surface area contributed by atoms with Crippen molar-refractivity contribution >= 4 is 36.2 Å². The predicted octanol–water partition coefficient (Wildman–Crippen LogP) is 6.32. The predicted molar refractivity (Wildman–Crippen MR) is 162 cm³/mol. The summed E-state index contributed by atoms with van der Waals surface area (Å²) >= 11 is 0. The third-order valence-electron chi connectivity index (χ3n) is 6.40. The average Bonchev–Trinajstić information content (AvgIpc) is 2.99. The van der Waals surface area contributed by atoms with Gasteiger partial charge < -0.3 is 33.9 Å². The van der Waals surface area contributed by atoms with Crippen molar-refractivity contribution in [1.82, 2.24) is 0 Å². The highest BCUT2D eigenvalue weighted by Gasteiger charge is 2.21. The number of carboxylic acids is 2. The van der Waals surface area contributed by atoms with Gasteiger partial charge in [-0.2, -0.15) is 0 Å². The number of aliphatic carboxylic acids is 2. The lowest BCUT2D eigenvalue weighted by molar-refractivity contribution is -0.145. The monoisotopic (exact) mass is 576 g/mol. The molecule has 0 aliphatic carbocycles. The summed E-state index contributed by atoms with van der Waals surface area (Å²) in [7, 11) is 4.49. The molecule has 9 heteroatoms. The molecule has 3 rings (SSSR count). The summed E-state index contributed by atoms with van der Waals surface area (Å²) in [4.78, 5) is 22.5. The van der Waals surface area contributed by atoms with Crippen molar-refractivity contribution in [3.8, 4) is 28.7 Å². The molecule has 0 aliphatic rings. The van der Waals surface area contributed by atoms with Crippen molar-refractivity contribution in [3.05, 3.63) is 76.3 Å². The summed E-state index contributed by atoms with van der Waals surface area (Å²) in [6.07, 6.45) is 6.36. The molecular formula is C33H36O9. The number of carboxylic acid groups (broad SMARTS) is 2. The van der Waals surface area contributed by atoms with Gasteiger partial charge in [0.25, 0.3) is 0 Å². The molecule has 9 nitrogen and oxygen atoms in total. The Morgan fingerprint density at radius 2 is 1.00 bits per heavy atom. The summed E-state index contributed by atoms with van der Waals surface area (Å²) in [6.45, 7) is 4.89. The first kappa shape index (κ1) is 31.6. The van der Waals surface area contributed by atoms with Crippen LogP contribution in [0.1, 0.15) is 48.6 Å². The molecule has 0 aromatic heterocycles. The topological polar surface area (TPSA) is 121 Å². The third kappa shape index (κ3) is 8.06. The minimum Gasteiger partial charge on any atom is -0.493 e. The van der Waals surface area contributed by atoms with Gasteiger partial charge in [0.1, 0.15) is 0 Å². The average molecular weight is 577 g/mol. The van der Waals surface area contributed by atoms with Crippen molar-refractivity contribution in [2.45, 2.75) is 39.4 Å². The lowest BCUT2D eigenvalue weighted by atomic mass is 10.0. The van der Waals surface area contributed by atoms with Crippen LogP contribution in [0.15, 0.2) is 48.5 Å². The zero-order chi connectivity index (χ0) is 30.8. The van der Waals surface area contributed by atoms with Crippen molar-refractivity contribution in [1.29, 1.82) is 0 Å². The van der Waals surface area contributed by atoms with E-state index in [0.717, 1.165) is 27.8 Å². The molecule has 2 atom stereocenters. The van der Waals surface area contributed by atoms with E-state index in [-0.39, 0.29) is 5.75 Å². The van der Waals surface area contributed by atoms with E-state index >= 15 is 0 Å². The van der Waals surface area contributed by atoms with Gasteiger partial charge in [-0.25, -0.2) is 9.59 Å². The lowest BCUT2D eigenvalue weighted by Gasteiger charge is -2.18. The van der Waals surface area contributed by atoms with Crippen molar-refractivity contribution in [2.75, 3.05) is 21.3 Å². The van der Waals surface area contributed by atoms with Gasteiger partial charge >= 0.3 is 11.9 Å². The number of rotatable bonds is 14. The molecule has 0 heterocycles. The van der Waals surface area contributed by atoms with Gasteiger partial charge in [-0.15, -0.1) is 0 Å². The molecule has 2 N–H and O–H groups in total. The Morgan fingerprint density at radius 1 is 0.643 bits per heavy atom. The zero-order valence-corrected chi connectivity index (χ0v) is 24.5. The smallest absolute Gasteiger partial charge is 0.344 e. The third-order valence-corrected chi connectivity index (χ3v) is 6.40. The summed E-state index contributed by atoms with van der Waals surface area (Å²) in [6, 6.07) is 15.2. The van der Waals surface area contributed by atoms with Gasteiger partial charge in [0.05, 0.1) is 21.3 Å². The van der Waals surface area contributed by atoms with Crippen molar-refractivity contribution < 1.29 is 43.5 Å². The molecule has 42 heavy (non-hydrogen) atoms. The molecule has 0 bridgehead atoms. The molecule has 0 amide bonds. The molecule has 3 aromatic carbocycles. The first-order valence-electron chi connectivity index (χ1n) is 13.3. The van der Waals surface area contributed by atoms with Crippen LogP contribution in [-0.4, -0.2) is 55.7 Å². The fourth-order valence-electron chi connectivity index (χ4n) is 4.00. The van der Waals surface area contributed by atoms with Gasteiger partial charge in [-0.3, -0.25) is 0 Å². The van der Waals surface area contributed by atoms with Gasteiger partial charge in [0.15, 0.2) is 35.2 Å². The Bertz CT molecular complexity index is 1290. The first-order valence-corrected chi connectivity index (χ1v) is 13.3. The Hall–Kier alpha value is -4.92. The molecule has 222 valence electrons. The Balaban J connectivity index is 1.78. The second kappa shape index (κ2) is 14.6. The summed E-state index contributed by atoms with van der Waals surface area (Å²) in [5, 5.41) is 18.4. The second-order valence-corrected chi connectivity index (χ2v) is 9.35. The van der Waals surface area contributed by atoms with E-state index in [1.54, 1.807) is 12.1 Å². The van der Waals surface area contributed by atoms with Crippen LogP contribution in [-0.2, 0) is 16.0 Å². The van der Waals surface area contributed by atoms with E-state index in [1.165, 1.54) is 35.2 Å². The maximum absolute atomic E-state index is 11.3. The lowest BCUT2D eigenvalue weighted by Crippen LogP contribution is -2.23. The van der Waals surface area contributed by atoms with Crippen LogP contribution in [0.2, 0.25) is 0 Å². The number of hydrogen-bond acceptors (Lipinski definition) is 7. The van der Waals surface area contributed by atoms with E-state index < -0.39 is 24.1 Å². The van der Waals surface area contributed by atoms with Crippen LogP contribution in [0, 0.1) is 0 Å². The molecule has 0 aliphatic heterocycles. The highest BCUT2D eigenvalue weighted by Crippen LogP contribution is 2.40. The SMILES string of the molecule is CCc1cc(/C=C/c2ccc(/C=C/c3cc(OC)c(OC(C)C(=O)O)c(OC)c3)cc2)cc(OC)c1OC(C)C(=O)O. The molecule has 0 spiro atoms. The Kier molecular flexibility index (Phi) is 11.0. The minimum atomic E-state index is -1.10. The molecule has 0 saturated carbocycles. The number of hydrogen-bond donors (Lipinski definition) is 2. The standard InChI is InChI=1S/C33H36O9/c1-7-26-16-24(17-27(38-4)30(26)41-20(2)32(34)35)14-12-22-8-10-23(11-9-22)13-15-25-18-28(39-5)31(29(19-25)40-6)42-21(3)33(36)37/h8-21H,7H2,1-6H3,(H,34,35)(H,36,37)/b14-12+,15-13+. The highest BCUT2D eigenvalue weighted by molar-refractivity contribution is 5.76. The van der Waals surface area contributed by atoms with Crippen LogP contribution in [0.3, 0.4) is 0 Å². The maximum Gasteiger partial charge on any atom is 0.344 e. The Morgan fingerprint density at radius 3 is 1.38 bits per heavy atom. The minimum absolute atomic E-state index is 0.226. The Labute approximate surface area is 245 Å². The fraction of sp³-hybridized carbons (Fsp3) is 0.273. The van der Waals surface area contributed by atoms with Crippen LogP contribution in [0.5, 0.6) is 28.7 Å². The van der Waals surface area contributed by atoms with Crippen LogP contribution in [0.25, 0.3) is 24.3 Å². The summed E-state index contributed by atoms with van der Waals surface area (Å²) in [5.41, 5.74) is 4.49. The number of methoxy groups -OCH3 is 3. The molecular weight excluding hydrogens is 540 g/mol. The van der Waals surface area contributed by atoms with Crippen molar-refractivity contribution in [2.24, 2.45) is 0 Å². The molecule has 0 fully saturated rings. The quantitative estimate of drug-likeness (QED) is 0.212. The van der Waals surface area contributed by atoms with Crippen LogP contribution in [0.4, 0.5) is 0 Å². The normalized spacial score (nSPS) is 12.6. The number of carbonyl (C=O) groups is 2. The van der Waals surface area contributed by atoms with E-state index in [1.807, 2.05) is 67.6 Å². The van der Waals surface area contributed by atoms with Gasteiger partial charge in [-0.1, -0.05) is 55.5 Å². The van der Waals surface area contributed by atoms with Crippen LogP contribution < -0.4 is 23.7 Å². The molecule has 0 saturated heterocycles. The van der Waals surface area contributed by atoms with E-state index in [4.69, 9.17) is 23.7 Å². The molecule has 2 unspecified atom stereocenters. The van der Waals surface area contributed by atoms with Crippen LogP contribution >= 0.6 is 0 Å². The fourth-order valence-corrected chi connectivity index (χ4v) is 4.00. The van der Waals surface area contributed by atoms with Gasteiger partial charge in [-0.05, 0) is 72.4 Å². The number of aryl methyl sites for hydroxylation is 1. The summed E-state index contributed by atoms with van der Waals surface area (Å²) in [5.74, 6) is -0.271. The molecule has 3 aromatic rings. The maximum atomic E-state index is 11.3. The number of ether oxygens (including phenoxy) is 5. The van der Waals surface area contributed by atoms with Gasteiger partial charge in [0.2, 0.25) is 5.75 Å². The van der Waals surface area contributed by atoms with Gasteiger partial charge in [0, 0.05) is 0 Å². The summed E-state index contributed by atoms with van der Waals surface area (Å²) < 4.78 is 27.6. The van der Waals surface area contributed by atoms with E-state index in [2.05, 4.69) is 0 Å². The zero-order valence-electron chi connectivity index (χ0n) is 24.5. The largest absolute Gasteiger partial charge is 0.493 e. The number of benzene rings is 3. The van der Waals surface area contributed by atoms with Crippen molar-refractivity contribution in [3.63, 3.8) is 0 Å². The van der Waals surface area contributed by atoms with E-state index in [9.17, 15) is 19.8 Å². The molecule has 0 radical (unpaired) electrons. The second-order valence-electron chi connectivity index (χ2n) is 9.35. The van der Waals surface area contributed by atoms with E-state index in [0.29, 0.717) is 29.4 Å². The first-order chi connectivity index (χ1) is 20.1.